The average Bonchev–Trinajstić information content (AvgIpc) is 3.08. The van der Waals surface area contributed by atoms with Crippen LogP contribution in [0.3, 0.4) is 0 Å². The number of carbonyl (C=O) groups excluding carboxylic acids is 1. The lowest BCUT2D eigenvalue weighted by Gasteiger charge is -2.11. The topological polar surface area (TPSA) is 51.2 Å². The predicted molar refractivity (Wildman–Crippen MR) is 91.7 cm³/mol. The van der Waals surface area contributed by atoms with Crippen molar-refractivity contribution in [2.24, 2.45) is 0 Å². The van der Waals surface area contributed by atoms with Gasteiger partial charge >= 0.3 is 0 Å². The Bertz CT molecular complexity index is 758. The number of thiophene rings is 1. The van der Waals surface area contributed by atoms with Crippen LogP contribution in [0.15, 0.2) is 66.2 Å². The van der Waals surface area contributed by atoms with Crippen molar-refractivity contribution in [3.8, 4) is 5.75 Å². The number of pyridine rings is 1. The van der Waals surface area contributed by atoms with Crippen molar-refractivity contribution >= 4 is 23.1 Å². The van der Waals surface area contributed by atoms with Crippen LogP contribution in [0.5, 0.6) is 5.75 Å². The SMILES string of the molecule is O=C(Cc1cccs1)Nc1ncccc1OCc1ccccc1. The van der Waals surface area contributed by atoms with Crippen molar-refractivity contribution in [1.82, 2.24) is 4.98 Å². The molecule has 3 rings (SSSR count). The number of aromatic nitrogens is 1. The molecule has 1 amide bonds. The fourth-order valence-corrected chi connectivity index (χ4v) is 2.79. The quantitative estimate of drug-likeness (QED) is 0.748. The van der Waals surface area contributed by atoms with E-state index in [4.69, 9.17) is 4.74 Å². The summed E-state index contributed by atoms with van der Waals surface area (Å²) in [5, 5.41) is 4.77. The Morgan fingerprint density at radius 1 is 1.09 bits per heavy atom. The van der Waals surface area contributed by atoms with Crippen molar-refractivity contribution in [3.63, 3.8) is 0 Å². The Morgan fingerprint density at radius 2 is 1.96 bits per heavy atom. The number of ether oxygens (including phenoxy) is 1. The van der Waals surface area contributed by atoms with Gasteiger partial charge in [-0.05, 0) is 29.1 Å². The van der Waals surface area contributed by atoms with Gasteiger partial charge in [0.25, 0.3) is 0 Å². The van der Waals surface area contributed by atoms with Gasteiger partial charge in [-0.25, -0.2) is 4.98 Å². The molecule has 2 aromatic heterocycles. The number of nitrogens with one attached hydrogen (secondary N) is 1. The molecule has 0 unspecified atom stereocenters. The zero-order valence-electron chi connectivity index (χ0n) is 12.4. The zero-order valence-corrected chi connectivity index (χ0v) is 13.3. The minimum absolute atomic E-state index is 0.101. The van der Waals surface area contributed by atoms with Crippen molar-refractivity contribution in [1.29, 1.82) is 0 Å². The first-order valence-corrected chi connectivity index (χ1v) is 8.13. The van der Waals surface area contributed by atoms with Crippen LogP contribution in [-0.4, -0.2) is 10.9 Å². The van der Waals surface area contributed by atoms with E-state index in [1.54, 1.807) is 29.7 Å². The lowest BCUT2D eigenvalue weighted by Crippen LogP contribution is -2.15. The van der Waals surface area contributed by atoms with Gasteiger partial charge in [0.15, 0.2) is 11.6 Å². The van der Waals surface area contributed by atoms with Gasteiger partial charge in [0.05, 0.1) is 6.42 Å². The highest BCUT2D eigenvalue weighted by molar-refractivity contribution is 7.10. The van der Waals surface area contributed by atoms with Crippen LogP contribution in [0.2, 0.25) is 0 Å². The van der Waals surface area contributed by atoms with Crippen LogP contribution in [0.1, 0.15) is 10.4 Å². The van der Waals surface area contributed by atoms with Crippen molar-refractivity contribution < 1.29 is 9.53 Å². The lowest BCUT2D eigenvalue weighted by molar-refractivity contribution is -0.115. The molecule has 0 atom stereocenters. The molecule has 0 saturated carbocycles. The molecular formula is C18H16N2O2S. The third-order valence-corrected chi connectivity index (χ3v) is 4.06. The molecule has 0 aliphatic heterocycles. The molecule has 116 valence electrons. The number of anilines is 1. The minimum Gasteiger partial charge on any atom is -0.485 e. The summed E-state index contributed by atoms with van der Waals surface area (Å²) in [6, 6.07) is 17.3. The smallest absolute Gasteiger partial charge is 0.230 e. The summed E-state index contributed by atoms with van der Waals surface area (Å²) in [6.45, 7) is 0.431. The first-order valence-electron chi connectivity index (χ1n) is 7.25. The van der Waals surface area contributed by atoms with E-state index in [-0.39, 0.29) is 5.91 Å². The van der Waals surface area contributed by atoms with Crippen LogP contribution >= 0.6 is 11.3 Å². The molecule has 1 aromatic carbocycles. The third-order valence-electron chi connectivity index (χ3n) is 3.18. The van der Waals surface area contributed by atoms with E-state index in [2.05, 4.69) is 10.3 Å². The molecule has 2 heterocycles. The molecule has 0 saturated heterocycles. The van der Waals surface area contributed by atoms with Crippen LogP contribution in [0.25, 0.3) is 0 Å². The molecule has 0 bridgehead atoms. The monoisotopic (exact) mass is 324 g/mol. The van der Waals surface area contributed by atoms with Crippen molar-refractivity contribution in [2.75, 3.05) is 5.32 Å². The lowest BCUT2D eigenvalue weighted by atomic mass is 10.2. The Balaban J connectivity index is 1.64. The van der Waals surface area contributed by atoms with Gasteiger partial charge in [-0.2, -0.15) is 0 Å². The van der Waals surface area contributed by atoms with Gasteiger partial charge in [-0.3, -0.25) is 4.79 Å². The molecule has 5 heteroatoms. The Labute approximate surface area is 138 Å². The molecule has 0 radical (unpaired) electrons. The molecule has 0 aliphatic rings. The first kappa shape index (κ1) is 15.2. The number of nitrogens with zero attached hydrogens (tertiary/aromatic N) is 1. The molecule has 0 aliphatic carbocycles. The number of amides is 1. The van der Waals surface area contributed by atoms with Crippen LogP contribution < -0.4 is 10.1 Å². The number of rotatable bonds is 6. The summed E-state index contributed by atoms with van der Waals surface area (Å²) in [7, 11) is 0. The van der Waals surface area contributed by atoms with Gasteiger partial charge in [0.2, 0.25) is 5.91 Å². The van der Waals surface area contributed by atoms with Crippen molar-refractivity contribution in [2.45, 2.75) is 13.0 Å². The molecular weight excluding hydrogens is 308 g/mol. The second-order valence-electron chi connectivity index (χ2n) is 4.93. The van der Waals surface area contributed by atoms with E-state index >= 15 is 0 Å². The van der Waals surface area contributed by atoms with Gasteiger partial charge in [-0.1, -0.05) is 36.4 Å². The second-order valence-corrected chi connectivity index (χ2v) is 5.96. The van der Waals surface area contributed by atoms with E-state index in [0.29, 0.717) is 24.6 Å². The second kappa shape index (κ2) is 7.56. The van der Waals surface area contributed by atoms with Gasteiger partial charge < -0.3 is 10.1 Å². The Kier molecular flexibility index (Phi) is 5.01. The highest BCUT2D eigenvalue weighted by atomic mass is 32.1. The molecule has 4 nitrogen and oxygen atoms in total. The number of benzene rings is 1. The fourth-order valence-electron chi connectivity index (χ4n) is 2.08. The average molecular weight is 324 g/mol. The molecule has 23 heavy (non-hydrogen) atoms. The van der Waals surface area contributed by atoms with Crippen molar-refractivity contribution in [3.05, 3.63) is 76.6 Å². The molecule has 1 N–H and O–H groups in total. The highest BCUT2D eigenvalue weighted by Gasteiger charge is 2.10. The van der Waals surface area contributed by atoms with Gasteiger partial charge in [-0.15, -0.1) is 11.3 Å². The van der Waals surface area contributed by atoms with Crippen LogP contribution in [-0.2, 0) is 17.8 Å². The summed E-state index contributed by atoms with van der Waals surface area (Å²) >= 11 is 1.56. The molecule has 0 spiro atoms. The summed E-state index contributed by atoms with van der Waals surface area (Å²) in [4.78, 5) is 17.3. The van der Waals surface area contributed by atoms with E-state index in [9.17, 15) is 4.79 Å². The summed E-state index contributed by atoms with van der Waals surface area (Å²) in [5.41, 5.74) is 1.06. The highest BCUT2D eigenvalue weighted by Crippen LogP contribution is 2.22. The number of carbonyl (C=O) groups is 1. The Morgan fingerprint density at radius 3 is 2.74 bits per heavy atom. The maximum Gasteiger partial charge on any atom is 0.230 e. The largest absolute Gasteiger partial charge is 0.485 e. The van der Waals surface area contributed by atoms with Crippen LogP contribution in [0.4, 0.5) is 5.82 Å². The number of hydrogen-bond donors (Lipinski definition) is 1. The van der Waals surface area contributed by atoms with E-state index in [0.717, 1.165) is 10.4 Å². The minimum atomic E-state index is -0.101. The fraction of sp³-hybridized carbons (Fsp3) is 0.111. The first-order chi connectivity index (χ1) is 11.3. The van der Waals surface area contributed by atoms with Gasteiger partial charge in [0, 0.05) is 11.1 Å². The predicted octanol–water partition coefficient (Wildman–Crippen LogP) is 3.90. The van der Waals surface area contributed by atoms with Crippen LogP contribution in [0, 0.1) is 0 Å². The zero-order chi connectivity index (χ0) is 15.9. The maximum absolute atomic E-state index is 12.1. The third kappa shape index (κ3) is 4.40. The van der Waals surface area contributed by atoms with E-state index < -0.39 is 0 Å². The van der Waals surface area contributed by atoms with E-state index in [1.807, 2.05) is 47.8 Å². The summed E-state index contributed by atoms with van der Waals surface area (Å²) in [5.74, 6) is 0.914. The maximum atomic E-state index is 12.1. The molecule has 0 fully saturated rings. The summed E-state index contributed by atoms with van der Waals surface area (Å²) in [6.07, 6.45) is 1.97. The van der Waals surface area contributed by atoms with Gasteiger partial charge in [0.1, 0.15) is 6.61 Å². The standard InChI is InChI=1S/C18H16N2O2S/c21-17(12-15-8-5-11-23-15)20-18-16(9-4-10-19-18)22-13-14-6-2-1-3-7-14/h1-11H,12-13H2,(H,19,20,21). The van der Waals surface area contributed by atoms with E-state index in [1.165, 1.54) is 0 Å². The normalized spacial score (nSPS) is 10.3. The Hall–Kier alpha value is -2.66. The summed E-state index contributed by atoms with van der Waals surface area (Å²) < 4.78 is 5.78. The number of hydrogen-bond acceptors (Lipinski definition) is 4. The molecule has 3 aromatic rings.